The Labute approximate surface area is 118 Å². The number of benzene rings is 1. The molecule has 0 heterocycles. The molecule has 0 fully saturated rings. The van der Waals surface area contributed by atoms with Crippen LogP contribution in [0.1, 0.15) is 52.5 Å². The molecule has 2 nitrogen and oxygen atoms in total. The minimum atomic E-state index is 0.237. The molecule has 0 saturated heterocycles. The second-order valence-electron chi connectivity index (χ2n) is 5.36. The predicted octanol–water partition coefficient (Wildman–Crippen LogP) is 4.18. The van der Waals surface area contributed by atoms with Crippen LogP contribution in [0.4, 0.5) is 0 Å². The van der Waals surface area contributed by atoms with Gasteiger partial charge in [0.15, 0.2) is 0 Å². The van der Waals surface area contributed by atoms with Crippen LogP contribution in [0.25, 0.3) is 0 Å². The van der Waals surface area contributed by atoms with Crippen molar-refractivity contribution in [3.05, 3.63) is 29.8 Å². The monoisotopic (exact) mass is 263 g/mol. The summed E-state index contributed by atoms with van der Waals surface area (Å²) in [5.74, 6) is 1.05. The molecule has 1 atom stereocenters. The second kappa shape index (κ2) is 8.98. The van der Waals surface area contributed by atoms with Crippen LogP contribution in [0.2, 0.25) is 0 Å². The number of hydrogen-bond acceptors (Lipinski definition) is 2. The summed E-state index contributed by atoms with van der Waals surface area (Å²) < 4.78 is 5.88. The van der Waals surface area contributed by atoms with Crippen molar-refractivity contribution in [3.63, 3.8) is 0 Å². The molecule has 1 unspecified atom stereocenters. The van der Waals surface area contributed by atoms with Gasteiger partial charge in [-0.25, -0.2) is 0 Å². The van der Waals surface area contributed by atoms with Crippen LogP contribution in [-0.2, 0) is 6.42 Å². The van der Waals surface area contributed by atoms with Gasteiger partial charge in [-0.05, 0) is 51.3 Å². The second-order valence-corrected chi connectivity index (χ2v) is 5.36. The number of ether oxygens (including phenoxy) is 1. The summed E-state index contributed by atoms with van der Waals surface area (Å²) in [6.07, 6.45) is 4.99. The molecule has 0 aliphatic rings. The highest BCUT2D eigenvalue weighted by molar-refractivity contribution is 5.33. The lowest BCUT2D eigenvalue weighted by atomic mass is 10.0. The first-order valence-electron chi connectivity index (χ1n) is 7.65. The molecule has 0 saturated carbocycles. The van der Waals surface area contributed by atoms with E-state index >= 15 is 0 Å². The van der Waals surface area contributed by atoms with Crippen LogP contribution in [0, 0.1) is 0 Å². The summed E-state index contributed by atoms with van der Waals surface area (Å²) in [5, 5.41) is 3.57. The zero-order valence-electron chi connectivity index (χ0n) is 12.9. The Morgan fingerprint density at radius 2 is 1.84 bits per heavy atom. The minimum Gasteiger partial charge on any atom is -0.491 e. The summed E-state index contributed by atoms with van der Waals surface area (Å²) in [4.78, 5) is 0. The Bertz CT molecular complexity index is 343. The number of para-hydroxylation sites is 1. The largest absolute Gasteiger partial charge is 0.491 e. The SMILES string of the molecule is CCCC(CCc1ccccc1OC(C)C)NCC. The Kier molecular flexibility index (Phi) is 7.57. The lowest BCUT2D eigenvalue weighted by Crippen LogP contribution is -2.29. The predicted molar refractivity (Wildman–Crippen MR) is 82.9 cm³/mol. The van der Waals surface area contributed by atoms with E-state index in [-0.39, 0.29) is 6.10 Å². The van der Waals surface area contributed by atoms with Crippen molar-refractivity contribution in [2.75, 3.05) is 6.54 Å². The zero-order valence-corrected chi connectivity index (χ0v) is 12.9. The summed E-state index contributed by atoms with van der Waals surface area (Å²) in [7, 11) is 0. The molecule has 0 aliphatic carbocycles. The van der Waals surface area contributed by atoms with Crippen molar-refractivity contribution >= 4 is 0 Å². The van der Waals surface area contributed by atoms with Gasteiger partial charge >= 0.3 is 0 Å². The van der Waals surface area contributed by atoms with Crippen LogP contribution in [-0.4, -0.2) is 18.7 Å². The van der Waals surface area contributed by atoms with Crippen molar-refractivity contribution in [2.45, 2.75) is 65.5 Å². The summed E-state index contributed by atoms with van der Waals surface area (Å²) in [6.45, 7) is 9.64. The first-order valence-corrected chi connectivity index (χ1v) is 7.65. The maximum Gasteiger partial charge on any atom is 0.122 e. The van der Waals surface area contributed by atoms with Crippen molar-refractivity contribution in [1.29, 1.82) is 0 Å². The number of aryl methyl sites for hydroxylation is 1. The highest BCUT2D eigenvalue weighted by Gasteiger charge is 2.09. The van der Waals surface area contributed by atoms with Crippen LogP contribution in [0.15, 0.2) is 24.3 Å². The third kappa shape index (κ3) is 6.11. The summed E-state index contributed by atoms with van der Waals surface area (Å²) in [5.41, 5.74) is 1.33. The Hall–Kier alpha value is -1.02. The van der Waals surface area contributed by atoms with Crippen molar-refractivity contribution in [1.82, 2.24) is 5.32 Å². The van der Waals surface area contributed by atoms with E-state index in [9.17, 15) is 0 Å². The van der Waals surface area contributed by atoms with Gasteiger partial charge in [0, 0.05) is 6.04 Å². The molecule has 1 rings (SSSR count). The highest BCUT2D eigenvalue weighted by atomic mass is 16.5. The Morgan fingerprint density at radius 1 is 1.11 bits per heavy atom. The third-order valence-electron chi connectivity index (χ3n) is 3.23. The first-order chi connectivity index (χ1) is 9.17. The summed E-state index contributed by atoms with van der Waals surface area (Å²) in [6, 6.07) is 9.05. The van der Waals surface area contributed by atoms with Gasteiger partial charge in [-0.1, -0.05) is 38.5 Å². The number of nitrogens with one attached hydrogen (secondary N) is 1. The maximum atomic E-state index is 5.88. The van der Waals surface area contributed by atoms with Gasteiger partial charge in [0.05, 0.1) is 6.10 Å². The van der Waals surface area contributed by atoms with Crippen LogP contribution in [0.5, 0.6) is 5.75 Å². The van der Waals surface area contributed by atoms with Gasteiger partial charge in [-0.15, -0.1) is 0 Å². The molecule has 0 aromatic heterocycles. The van der Waals surface area contributed by atoms with E-state index < -0.39 is 0 Å². The lowest BCUT2D eigenvalue weighted by molar-refractivity contribution is 0.239. The van der Waals surface area contributed by atoms with E-state index in [2.05, 4.69) is 57.3 Å². The van der Waals surface area contributed by atoms with E-state index in [1.807, 2.05) is 0 Å². The van der Waals surface area contributed by atoms with Gasteiger partial charge in [0.25, 0.3) is 0 Å². The normalized spacial score (nSPS) is 12.7. The highest BCUT2D eigenvalue weighted by Crippen LogP contribution is 2.21. The van der Waals surface area contributed by atoms with E-state index in [1.165, 1.54) is 24.8 Å². The zero-order chi connectivity index (χ0) is 14.1. The standard InChI is InChI=1S/C17H29NO/c1-5-9-16(18-6-2)13-12-15-10-7-8-11-17(15)19-14(3)4/h7-8,10-11,14,16,18H,5-6,9,12-13H2,1-4H3. The molecule has 0 bridgehead atoms. The molecule has 2 heteroatoms. The van der Waals surface area contributed by atoms with Gasteiger partial charge in [-0.3, -0.25) is 0 Å². The summed E-state index contributed by atoms with van der Waals surface area (Å²) >= 11 is 0. The Morgan fingerprint density at radius 3 is 2.47 bits per heavy atom. The van der Waals surface area contributed by atoms with Gasteiger partial charge < -0.3 is 10.1 Å². The molecule has 0 radical (unpaired) electrons. The van der Waals surface area contributed by atoms with E-state index in [1.54, 1.807) is 0 Å². The molecule has 0 aliphatic heterocycles. The van der Waals surface area contributed by atoms with Crippen molar-refractivity contribution < 1.29 is 4.74 Å². The average molecular weight is 263 g/mol. The molecular weight excluding hydrogens is 234 g/mol. The molecule has 1 aromatic carbocycles. The first kappa shape index (κ1) is 16.0. The fourth-order valence-corrected chi connectivity index (χ4v) is 2.39. The van der Waals surface area contributed by atoms with E-state index in [0.717, 1.165) is 18.7 Å². The number of rotatable bonds is 9. The van der Waals surface area contributed by atoms with Crippen LogP contribution < -0.4 is 10.1 Å². The smallest absolute Gasteiger partial charge is 0.122 e. The fourth-order valence-electron chi connectivity index (χ4n) is 2.39. The molecule has 0 spiro atoms. The minimum absolute atomic E-state index is 0.237. The van der Waals surface area contributed by atoms with Gasteiger partial charge in [-0.2, -0.15) is 0 Å². The van der Waals surface area contributed by atoms with Crippen LogP contribution in [0.3, 0.4) is 0 Å². The van der Waals surface area contributed by atoms with E-state index in [0.29, 0.717) is 6.04 Å². The molecular formula is C17H29NO. The van der Waals surface area contributed by atoms with E-state index in [4.69, 9.17) is 4.74 Å². The molecule has 1 N–H and O–H groups in total. The third-order valence-corrected chi connectivity index (χ3v) is 3.23. The van der Waals surface area contributed by atoms with Gasteiger partial charge in [0.1, 0.15) is 5.75 Å². The Balaban J connectivity index is 2.59. The van der Waals surface area contributed by atoms with Crippen molar-refractivity contribution in [2.24, 2.45) is 0 Å². The molecule has 0 amide bonds. The lowest BCUT2D eigenvalue weighted by Gasteiger charge is -2.19. The fraction of sp³-hybridized carbons (Fsp3) is 0.647. The van der Waals surface area contributed by atoms with Gasteiger partial charge in [0.2, 0.25) is 0 Å². The van der Waals surface area contributed by atoms with Crippen LogP contribution >= 0.6 is 0 Å². The molecule has 108 valence electrons. The topological polar surface area (TPSA) is 21.3 Å². The maximum absolute atomic E-state index is 5.88. The molecule has 1 aromatic rings. The van der Waals surface area contributed by atoms with Crippen molar-refractivity contribution in [3.8, 4) is 5.75 Å². The molecule has 19 heavy (non-hydrogen) atoms. The average Bonchev–Trinajstić information content (AvgIpc) is 2.37. The number of hydrogen-bond donors (Lipinski definition) is 1. The quantitative estimate of drug-likeness (QED) is 0.721.